The molecular formula is C76H48N4. The van der Waals surface area contributed by atoms with Gasteiger partial charge in [0, 0.05) is 44.0 Å². The molecule has 16 rings (SSSR count). The fourth-order valence-corrected chi connectivity index (χ4v) is 12.6. The van der Waals surface area contributed by atoms with Crippen LogP contribution in [-0.2, 0) is 0 Å². The summed E-state index contributed by atoms with van der Waals surface area (Å²) in [6, 6.07) is 106. The van der Waals surface area contributed by atoms with Gasteiger partial charge in [-0.25, -0.2) is 9.97 Å². The summed E-state index contributed by atoms with van der Waals surface area (Å²) in [7, 11) is 0. The first-order valence-electron chi connectivity index (χ1n) is 27.4. The molecule has 0 atom stereocenters. The normalized spacial score (nSPS) is 11.8. The van der Waals surface area contributed by atoms with Gasteiger partial charge < -0.3 is 9.13 Å². The van der Waals surface area contributed by atoms with E-state index in [2.05, 4.69) is 288 Å². The third kappa shape index (κ3) is 7.38. The Balaban J connectivity index is 0.814. The maximum Gasteiger partial charge on any atom is 0.0973 e. The van der Waals surface area contributed by atoms with Gasteiger partial charge >= 0.3 is 0 Å². The molecule has 0 saturated carbocycles. The van der Waals surface area contributed by atoms with Crippen LogP contribution in [-0.4, -0.2) is 19.1 Å². The van der Waals surface area contributed by atoms with Crippen molar-refractivity contribution in [2.45, 2.75) is 0 Å². The molecule has 13 aromatic carbocycles. The standard InChI is InChI=1S/C76H48N4/c1-3-21-57-49(17-1)19-15-27-61(57)67-47-55(79-71-31-11-5-23-63(71)64-24-6-12-32-72(64)79)43-45-59(67)51-35-39-53(40-36-51)75-76(78-70-30-10-9-29-69(70)77-75)54-41-37-52(38-42-54)60-46-44-56(48-68(60)62-28-16-20-50-18-2-4-22-58(50)62)80-73-33-13-7-25-65(73)66-26-8-14-34-74(66)80/h1-48H. The van der Waals surface area contributed by atoms with E-state index in [1.54, 1.807) is 0 Å². The smallest absolute Gasteiger partial charge is 0.0973 e. The number of rotatable bonds is 8. The van der Waals surface area contributed by atoms with Gasteiger partial charge in [0.15, 0.2) is 0 Å². The number of aromatic nitrogens is 4. The summed E-state index contributed by atoms with van der Waals surface area (Å²) < 4.78 is 4.82. The van der Waals surface area contributed by atoms with Crippen LogP contribution in [0, 0.1) is 0 Å². The van der Waals surface area contributed by atoms with Gasteiger partial charge in [0.25, 0.3) is 0 Å². The van der Waals surface area contributed by atoms with E-state index >= 15 is 0 Å². The van der Waals surface area contributed by atoms with Crippen molar-refractivity contribution >= 4 is 76.2 Å². The van der Waals surface area contributed by atoms with Crippen LogP contribution in [0.25, 0.3) is 155 Å². The zero-order valence-electron chi connectivity index (χ0n) is 43.5. The molecule has 3 heterocycles. The molecule has 0 N–H and O–H groups in total. The molecule has 0 aliphatic carbocycles. The zero-order chi connectivity index (χ0) is 52.7. The number of hydrogen-bond acceptors (Lipinski definition) is 2. The first-order chi connectivity index (χ1) is 39.7. The molecule has 0 amide bonds. The SMILES string of the molecule is c1ccc2c(-c3cc(-n4c5ccccc5c5ccccc54)ccc3-c3ccc(-c4nc5ccccc5nc4-c4ccc(-c5ccc(-n6c7ccccc7c7ccccc76)cc5-c5cccc6ccccc56)cc4)cc3)cccc2c1. The van der Waals surface area contributed by atoms with Crippen LogP contribution in [0.4, 0.5) is 0 Å². The first kappa shape index (κ1) is 45.5. The molecule has 0 radical (unpaired) electrons. The highest BCUT2D eigenvalue weighted by atomic mass is 15.0. The van der Waals surface area contributed by atoms with Gasteiger partial charge in [0.1, 0.15) is 0 Å². The summed E-state index contributed by atoms with van der Waals surface area (Å²) in [5.74, 6) is 0. The lowest BCUT2D eigenvalue weighted by atomic mass is 9.90. The average molecular weight is 1020 g/mol. The van der Waals surface area contributed by atoms with Gasteiger partial charge in [-0.3, -0.25) is 0 Å². The minimum Gasteiger partial charge on any atom is -0.309 e. The second-order valence-electron chi connectivity index (χ2n) is 20.8. The second-order valence-corrected chi connectivity index (χ2v) is 20.8. The summed E-state index contributed by atoms with van der Waals surface area (Å²) in [5, 5.41) is 9.84. The van der Waals surface area contributed by atoms with Crippen molar-refractivity contribution in [3.63, 3.8) is 0 Å². The van der Waals surface area contributed by atoms with E-state index in [1.165, 1.54) is 87.4 Å². The highest BCUT2D eigenvalue weighted by Crippen LogP contribution is 2.44. The molecule has 0 fully saturated rings. The van der Waals surface area contributed by atoms with E-state index in [0.717, 1.165) is 67.2 Å². The summed E-state index contributed by atoms with van der Waals surface area (Å²) in [6.45, 7) is 0. The van der Waals surface area contributed by atoms with Crippen LogP contribution in [0.3, 0.4) is 0 Å². The highest BCUT2D eigenvalue weighted by molar-refractivity contribution is 6.11. The molecular weight excluding hydrogens is 969 g/mol. The Morgan fingerprint density at radius 2 is 0.525 bits per heavy atom. The molecule has 3 aromatic heterocycles. The summed E-state index contributed by atoms with van der Waals surface area (Å²) >= 11 is 0. The third-order valence-corrected chi connectivity index (χ3v) is 16.4. The van der Waals surface area contributed by atoms with Crippen molar-refractivity contribution in [1.29, 1.82) is 0 Å². The van der Waals surface area contributed by atoms with Crippen molar-refractivity contribution in [1.82, 2.24) is 19.1 Å². The fraction of sp³-hybridized carbons (Fsp3) is 0. The summed E-state index contributed by atoms with van der Waals surface area (Å²) in [6.07, 6.45) is 0. The largest absolute Gasteiger partial charge is 0.309 e. The van der Waals surface area contributed by atoms with Crippen molar-refractivity contribution in [2.24, 2.45) is 0 Å². The quantitative estimate of drug-likeness (QED) is 0.152. The molecule has 0 unspecified atom stereocenters. The minimum atomic E-state index is 0.839. The van der Waals surface area contributed by atoms with E-state index in [1.807, 2.05) is 12.1 Å². The van der Waals surface area contributed by atoms with Gasteiger partial charge in [0.2, 0.25) is 0 Å². The topological polar surface area (TPSA) is 35.6 Å². The molecule has 4 nitrogen and oxygen atoms in total. The number of para-hydroxylation sites is 6. The first-order valence-corrected chi connectivity index (χ1v) is 27.4. The molecule has 80 heavy (non-hydrogen) atoms. The van der Waals surface area contributed by atoms with Gasteiger partial charge in [-0.1, -0.05) is 231 Å². The van der Waals surface area contributed by atoms with E-state index in [4.69, 9.17) is 9.97 Å². The maximum atomic E-state index is 5.39. The Bertz CT molecular complexity index is 4680. The van der Waals surface area contributed by atoms with Gasteiger partial charge in [0.05, 0.1) is 44.5 Å². The number of hydrogen-bond donors (Lipinski definition) is 0. The van der Waals surface area contributed by atoms with Crippen LogP contribution in [0.2, 0.25) is 0 Å². The lowest BCUT2D eigenvalue weighted by Gasteiger charge is -2.17. The van der Waals surface area contributed by atoms with E-state index in [9.17, 15) is 0 Å². The monoisotopic (exact) mass is 1020 g/mol. The van der Waals surface area contributed by atoms with Crippen molar-refractivity contribution in [3.05, 3.63) is 291 Å². The third-order valence-electron chi connectivity index (χ3n) is 16.4. The van der Waals surface area contributed by atoms with Gasteiger partial charge in [-0.05, 0) is 127 Å². The maximum absolute atomic E-state index is 5.39. The van der Waals surface area contributed by atoms with E-state index < -0.39 is 0 Å². The lowest BCUT2D eigenvalue weighted by Crippen LogP contribution is -1.97. The Morgan fingerprint density at radius 1 is 0.212 bits per heavy atom. The lowest BCUT2D eigenvalue weighted by molar-refractivity contribution is 1.18. The Labute approximate surface area is 462 Å². The second kappa shape index (κ2) is 18.5. The average Bonchev–Trinajstić information content (AvgIpc) is 4.13. The molecule has 0 aliphatic rings. The molecule has 0 saturated heterocycles. The van der Waals surface area contributed by atoms with Gasteiger partial charge in [-0.15, -0.1) is 0 Å². The Hall–Kier alpha value is -10.7. The minimum absolute atomic E-state index is 0.839. The van der Waals surface area contributed by atoms with Crippen molar-refractivity contribution in [3.8, 4) is 78.4 Å². The number of benzene rings is 13. The predicted octanol–water partition coefficient (Wildman–Crippen LogP) is 20.1. The van der Waals surface area contributed by atoms with Crippen LogP contribution >= 0.6 is 0 Å². The molecule has 0 bridgehead atoms. The molecule has 16 aromatic rings. The molecule has 372 valence electrons. The summed E-state index contributed by atoms with van der Waals surface area (Å²) in [4.78, 5) is 10.8. The zero-order valence-corrected chi connectivity index (χ0v) is 43.5. The van der Waals surface area contributed by atoms with Gasteiger partial charge in [-0.2, -0.15) is 0 Å². The van der Waals surface area contributed by atoms with Crippen LogP contribution in [0.5, 0.6) is 0 Å². The number of fused-ring (bicyclic) bond motifs is 9. The van der Waals surface area contributed by atoms with Crippen LogP contribution in [0.1, 0.15) is 0 Å². The highest BCUT2D eigenvalue weighted by Gasteiger charge is 2.21. The fourth-order valence-electron chi connectivity index (χ4n) is 12.6. The number of nitrogens with zero attached hydrogens (tertiary/aromatic N) is 4. The van der Waals surface area contributed by atoms with Crippen molar-refractivity contribution in [2.75, 3.05) is 0 Å². The Morgan fingerprint density at radius 3 is 0.912 bits per heavy atom. The van der Waals surface area contributed by atoms with Crippen LogP contribution in [0.15, 0.2) is 291 Å². The van der Waals surface area contributed by atoms with Crippen molar-refractivity contribution < 1.29 is 0 Å². The van der Waals surface area contributed by atoms with E-state index in [-0.39, 0.29) is 0 Å². The Kier molecular flexibility index (Phi) is 10.5. The molecule has 4 heteroatoms. The predicted molar refractivity (Wildman–Crippen MR) is 336 cm³/mol. The molecule has 0 aliphatic heterocycles. The molecule has 0 spiro atoms. The summed E-state index contributed by atoms with van der Waals surface area (Å²) in [5.41, 5.74) is 21.7. The van der Waals surface area contributed by atoms with Crippen LogP contribution < -0.4 is 0 Å². The van der Waals surface area contributed by atoms with E-state index in [0.29, 0.717) is 0 Å².